The molecule has 1 N–H and O–H groups in total. The summed E-state index contributed by atoms with van der Waals surface area (Å²) in [6, 6.07) is 5.03. The van der Waals surface area contributed by atoms with E-state index < -0.39 is 0 Å². The fourth-order valence-corrected chi connectivity index (χ4v) is 3.85. The van der Waals surface area contributed by atoms with Crippen molar-refractivity contribution in [1.29, 1.82) is 0 Å². The number of hydrogen-bond donors (Lipinski definition) is 1. The van der Waals surface area contributed by atoms with Crippen molar-refractivity contribution in [1.82, 2.24) is 14.7 Å². The first-order valence-corrected chi connectivity index (χ1v) is 9.67. The van der Waals surface area contributed by atoms with Crippen LogP contribution in [0.1, 0.15) is 36.5 Å². The molecule has 0 saturated carbocycles. The number of piperazine rings is 1. The van der Waals surface area contributed by atoms with Gasteiger partial charge in [0, 0.05) is 44.8 Å². The van der Waals surface area contributed by atoms with Crippen molar-refractivity contribution in [2.45, 2.75) is 32.2 Å². The van der Waals surface area contributed by atoms with Crippen LogP contribution >= 0.6 is 0 Å². The van der Waals surface area contributed by atoms with Gasteiger partial charge >= 0.3 is 0 Å². The number of hydrogen-bond acceptors (Lipinski definition) is 5. The smallest absolute Gasteiger partial charge is 0.257 e. The van der Waals surface area contributed by atoms with Crippen LogP contribution in [0.5, 0.6) is 11.5 Å². The summed E-state index contributed by atoms with van der Waals surface area (Å²) in [4.78, 5) is 31.1. The number of phenols is 1. The Hall–Kier alpha value is -2.28. The summed E-state index contributed by atoms with van der Waals surface area (Å²) in [6.07, 6.45) is 3.37. The van der Waals surface area contributed by atoms with Crippen LogP contribution in [-0.2, 0) is 4.79 Å². The van der Waals surface area contributed by atoms with Gasteiger partial charge in [-0.25, -0.2) is 0 Å². The predicted molar refractivity (Wildman–Crippen MR) is 102 cm³/mol. The summed E-state index contributed by atoms with van der Waals surface area (Å²) in [5, 5.41) is 10.1. The monoisotopic (exact) mass is 375 g/mol. The number of likely N-dealkylation sites (tertiary alicyclic amines) is 1. The second-order valence-corrected chi connectivity index (χ2v) is 7.38. The Balaban J connectivity index is 1.52. The molecule has 2 fully saturated rings. The van der Waals surface area contributed by atoms with Gasteiger partial charge in [-0.1, -0.05) is 0 Å². The zero-order valence-electron chi connectivity index (χ0n) is 16.2. The molecule has 1 aromatic carbocycles. The molecule has 27 heavy (non-hydrogen) atoms. The van der Waals surface area contributed by atoms with Gasteiger partial charge in [0.1, 0.15) is 11.5 Å². The number of piperidine rings is 1. The lowest BCUT2D eigenvalue weighted by molar-refractivity contribution is -0.136. The molecule has 1 atom stereocenters. The number of aromatic hydroxyl groups is 1. The van der Waals surface area contributed by atoms with E-state index in [4.69, 9.17) is 4.74 Å². The van der Waals surface area contributed by atoms with Crippen LogP contribution in [-0.4, -0.2) is 84.0 Å². The largest absolute Gasteiger partial charge is 0.507 e. The molecule has 2 saturated heterocycles. The molecular weight excluding hydrogens is 346 g/mol. The minimum absolute atomic E-state index is 0.0731. The average molecular weight is 375 g/mol. The molecule has 0 aliphatic carbocycles. The fourth-order valence-electron chi connectivity index (χ4n) is 3.85. The predicted octanol–water partition coefficient (Wildman–Crippen LogP) is 1.56. The normalized spacial score (nSPS) is 21.2. The Morgan fingerprint density at radius 1 is 1.15 bits per heavy atom. The molecule has 2 amide bonds. The summed E-state index contributed by atoms with van der Waals surface area (Å²) < 4.78 is 5.06. The van der Waals surface area contributed by atoms with Gasteiger partial charge in [0.15, 0.2) is 0 Å². The minimum atomic E-state index is -0.189. The number of amides is 2. The summed E-state index contributed by atoms with van der Waals surface area (Å²) in [5.74, 6) is 0.441. The summed E-state index contributed by atoms with van der Waals surface area (Å²) in [7, 11) is 1.52. The van der Waals surface area contributed by atoms with Gasteiger partial charge in [-0.2, -0.15) is 0 Å². The first kappa shape index (κ1) is 19.5. The molecule has 148 valence electrons. The zero-order valence-corrected chi connectivity index (χ0v) is 16.2. The Kier molecular flexibility index (Phi) is 6.21. The molecule has 7 heteroatoms. The van der Waals surface area contributed by atoms with E-state index in [2.05, 4.69) is 11.8 Å². The second-order valence-electron chi connectivity index (χ2n) is 7.38. The number of nitrogens with zero attached hydrogens (tertiary/aromatic N) is 3. The molecule has 3 rings (SSSR count). The van der Waals surface area contributed by atoms with Gasteiger partial charge in [-0.05, 0) is 38.3 Å². The van der Waals surface area contributed by atoms with Crippen molar-refractivity contribution >= 4 is 11.8 Å². The third kappa shape index (κ3) is 4.53. The fraction of sp³-hybridized carbons (Fsp3) is 0.600. The Bertz CT molecular complexity index is 686. The maximum Gasteiger partial charge on any atom is 0.257 e. The number of carbonyl (C=O) groups is 2. The van der Waals surface area contributed by atoms with Gasteiger partial charge in [0.05, 0.1) is 19.2 Å². The van der Waals surface area contributed by atoms with E-state index in [-0.39, 0.29) is 23.1 Å². The quantitative estimate of drug-likeness (QED) is 0.865. The average Bonchev–Trinajstić information content (AvgIpc) is 2.68. The molecule has 0 aromatic heterocycles. The standard InChI is InChI=1S/C20H29N3O4/c1-15-5-3-4-8-23(15)19(25)14-21-9-11-22(12-10-21)20(26)17-7-6-16(27-2)13-18(17)24/h6-7,13,15,24H,3-5,8-12,14H2,1-2H3. The minimum Gasteiger partial charge on any atom is -0.507 e. The molecule has 2 aliphatic heterocycles. The molecule has 2 aliphatic rings. The van der Waals surface area contributed by atoms with Gasteiger partial charge in [0.2, 0.25) is 5.91 Å². The number of ether oxygens (including phenoxy) is 1. The second kappa shape index (κ2) is 8.61. The molecule has 0 radical (unpaired) electrons. The third-order valence-electron chi connectivity index (χ3n) is 5.58. The van der Waals surface area contributed by atoms with Crippen molar-refractivity contribution in [3.8, 4) is 11.5 Å². The highest BCUT2D eigenvalue weighted by atomic mass is 16.5. The summed E-state index contributed by atoms with van der Waals surface area (Å²) in [6.45, 7) is 5.82. The molecule has 1 unspecified atom stereocenters. The molecule has 7 nitrogen and oxygen atoms in total. The van der Waals surface area contributed by atoms with E-state index in [1.54, 1.807) is 17.0 Å². The van der Waals surface area contributed by atoms with E-state index in [0.717, 1.165) is 19.4 Å². The Labute approximate surface area is 160 Å². The van der Waals surface area contributed by atoms with E-state index in [1.807, 2.05) is 4.90 Å². The first-order valence-electron chi connectivity index (χ1n) is 9.67. The van der Waals surface area contributed by atoms with Gasteiger partial charge in [-0.15, -0.1) is 0 Å². The van der Waals surface area contributed by atoms with Crippen LogP contribution in [0.3, 0.4) is 0 Å². The van der Waals surface area contributed by atoms with Gasteiger partial charge < -0.3 is 19.6 Å². The Morgan fingerprint density at radius 3 is 2.52 bits per heavy atom. The molecule has 2 heterocycles. The van der Waals surface area contributed by atoms with Crippen LogP contribution in [0.25, 0.3) is 0 Å². The Morgan fingerprint density at radius 2 is 1.89 bits per heavy atom. The topological polar surface area (TPSA) is 73.3 Å². The number of benzene rings is 1. The van der Waals surface area contributed by atoms with Crippen LogP contribution in [0, 0.1) is 0 Å². The highest BCUT2D eigenvalue weighted by Gasteiger charge is 2.28. The highest BCUT2D eigenvalue weighted by Crippen LogP contribution is 2.25. The number of rotatable bonds is 4. The van der Waals surface area contributed by atoms with Crippen molar-refractivity contribution in [2.75, 3.05) is 46.4 Å². The van der Waals surface area contributed by atoms with E-state index in [9.17, 15) is 14.7 Å². The van der Waals surface area contributed by atoms with E-state index in [0.29, 0.717) is 44.5 Å². The van der Waals surface area contributed by atoms with Gasteiger partial charge in [-0.3, -0.25) is 14.5 Å². The highest BCUT2D eigenvalue weighted by molar-refractivity contribution is 5.97. The molecule has 0 spiro atoms. The molecule has 0 bridgehead atoms. The summed E-state index contributed by atoms with van der Waals surface area (Å²) >= 11 is 0. The van der Waals surface area contributed by atoms with E-state index in [1.165, 1.54) is 19.6 Å². The maximum absolute atomic E-state index is 12.7. The maximum atomic E-state index is 12.7. The van der Waals surface area contributed by atoms with Crippen molar-refractivity contribution < 1.29 is 19.4 Å². The zero-order chi connectivity index (χ0) is 19.4. The van der Waals surface area contributed by atoms with Crippen LogP contribution in [0.2, 0.25) is 0 Å². The molecular formula is C20H29N3O4. The first-order chi connectivity index (χ1) is 13.0. The van der Waals surface area contributed by atoms with Crippen LogP contribution in [0.4, 0.5) is 0 Å². The SMILES string of the molecule is COc1ccc(C(=O)N2CCN(CC(=O)N3CCCCC3C)CC2)c(O)c1. The lowest BCUT2D eigenvalue weighted by Gasteiger charge is -2.38. The van der Waals surface area contributed by atoms with Gasteiger partial charge in [0.25, 0.3) is 5.91 Å². The lowest BCUT2D eigenvalue weighted by Crippen LogP contribution is -2.53. The van der Waals surface area contributed by atoms with Crippen LogP contribution in [0.15, 0.2) is 18.2 Å². The van der Waals surface area contributed by atoms with Crippen LogP contribution < -0.4 is 4.74 Å². The number of phenolic OH excluding ortho intramolecular Hbond substituents is 1. The third-order valence-corrected chi connectivity index (χ3v) is 5.58. The van der Waals surface area contributed by atoms with Crippen molar-refractivity contribution in [2.24, 2.45) is 0 Å². The van der Waals surface area contributed by atoms with Crippen molar-refractivity contribution in [3.63, 3.8) is 0 Å². The van der Waals surface area contributed by atoms with E-state index >= 15 is 0 Å². The summed E-state index contributed by atoms with van der Waals surface area (Å²) in [5.41, 5.74) is 0.280. The number of methoxy groups -OCH3 is 1. The van der Waals surface area contributed by atoms with Crippen molar-refractivity contribution in [3.05, 3.63) is 23.8 Å². The molecule has 1 aromatic rings. The lowest BCUT2D eigenvalue weighted by atomic mass is 10.0. The number of carbonyl (C=O) groups excluding carboxylic acids is 2.